The highest BCUT2D eigenvalue weighted by Crippen LogP contribution is 2.30. The van der Waals surface area contributed by atoms with Crippen molar-refractivity contribution in [2.24, 2.45) is 5.41 Å². The van der Waals surface area contributed by atoms with Crippen LogP contribution in [0.3, 0.4) is 0 Å². The molecule has 1 N–H and O–H groups in total. The van der Waals surface area contributed by atoms with Gasteiger partial charge in [0.25, 0.3) is 0 Å². The van der Waals surface area contributed by atoms with E-state index in [0.29, 0.717) is 24.9 Å². The van der Waals surface area contributed by atoms with E-state index >= 15 is 0 Å². The third-order valence-corrected chi connectivity index (χ3v) is 5.48. The Morgan fingerprint density at radius 2 is 1.96 bits per heavy atom. The first kappa shape index (κ1) is 17.5. The van der Waals surface area contributed by atoms with Crippen molar-refractivity contribution < 1.29 is 23.1 Å². The van der Waals surface area contributed by atoms with Crippen LogP contribution in [0.2, 0.25) is 0 Å². The number of hydrogen-bond donors (Lipinski definition) is 1. The summed E-state index contributed by atoms with van der Waals surface area (Å²) in [6.45, 7) is 2.30. The molecule has 1 saturated heterocycles. The van der Waals surface area contributed by atoms with Crippen molar-refractivity contribution in [2.45, 2.75) is 31.1 Å². The van der Waals surface area contributed by atoms with E-state index in [4.69, 9.17) is 0 Å². The molecule has 0 aliphatic carbocycles. The molecular weight excluding hydrogens is 318 g/mol. The fourth-order valence-corrected chi connectivity index (χ4v) is 3.86. The highest BCUT2D eigenvalue weighted by Gasteiger charge is 2.39. The molecule has 1 fully saturated rings. The Labute approximate surface area is 136 Å². The van der Waals surface area contributed by atoms with Crippen LogP contribution in [0.5, 0.6) is 0 Å². The smallest absolute Gasteiger partial charge is 0.311 e. The van der Waals surface area contributed by atoms with Crippen LogP contribution in [0, 0.1) is 5.41 Å². The van der Waals surface area contributed by atoms with Crippen LogP contribution >= 0.6 is 0 Å². The summed E-state index contributed by atoms with van der Waals surface area (Å²) in [4.78, 5) is 25.5. The van der Waals surface area contributed by atoms with Gasteiger partial charge in [-0.25, -0.2) is 8.42 Å². The predicted octanol–water partition coefficient (Wildman–Crippen LogP) is 1.35. The summed E-state index contributed by atoms with van der Waals surface area (Å²) in [5.41, 5.74) is -0.493. The first-order valence-electron chi connectivity index (χ1n) is 7.43. The number of carboxylic acids is 1. The van der Waals surface area contributed by atoms with Gasteiger partial charge in [0.2, 0.25) is 5.91 Å². The first-order valence-corrected chi connectivity index (χ1v) is 9.32. The fraction of sp³-hybridized carbons (Fsp3) is 0.500. The minimum absolute atomic E-state index is 0.0427. The van der Waals surface area contributed by atoms with Gasteiger partial charge < -0.3 is 10.0 Å². The van der Waals surface area contributed by atoms with Crippen LogP contribution in [0.1, 0.15) is 25.3 Å². The molecular formula is C16H21NO5S. The summed E-state index contributed by atoms with van der Waals surface area (Å²) < 4.78 is 23.6. The first-order chi connectivity index (χ1) is 10.6. The largest absolute Gasteiger partial charge is 0.481 e. The average Bonchev–Trinajstić information content (AvgIpc) is 2.46. The Balaban J connectivity index is 2.19. The van der Waals surface area contributed by atoms with Crippen molar-refractivity contribution in [2.75, 3.05) is 19.3 Å². The van der Waals surface area contributed by atoms with Crippen molar-refractivity contribution in [3.63, 3.8) is 0 Å². The van der Waals surface area contributed by atoms with Gasteiger partial charge >= 0.3 is 5.97 Å². The summed E-state index contributed by atoms with van der Waals surface area (Å²) in [7, 11) is -3.41. The Hall–Kier alpha value is -1.89. The number of carboxylic acid groups (broad SMARTS) is 1. The molecule has 6 nitrogen and oxygen atoms in total. The monoisotopic (exact) mass is 339 g/mol. The molecule has 126 valence electrons. The number of amides is 1. The van der Waals surface area contributed by atoms with E-state index in [1.165, 1.54) is 11.0 Å². The van der Waals surface area contributed by atoms with Gasteiger partial charge in [-0.1, -0.05) is 18.2 Å². The minimum atomic E-state index is -3.41. The van der Waals surface area contributed by atoms with Gasteiger partial charge in [-0.3, -0.25) is 9.59 Å². The van der Waals surface area contributed by atoms with E-state index < -0.39 is 21.2 Å². The number of hydrogen-bond acceptors (Lipinski definition) is 4. The van der Waals surface area contributed by atoms with E-state index in [0.717, 1.165) is 6.26 Å². The molecule has 1 amide bonds. The Kier molecular flexibility index (Phi) is 4.79. The van der Waals surface area contributed by atoms with E-state index in [2.05, 4.69) is 0 Å². The number of sulfone groups is 1. The van der Waals surface area contributed by atoms with Crippen LogP contribution < -0.4 is 0 Å². The van der Waals surface area contributed by atoms with Crippen molar-refractivity contribution >= 4 is 21.7 Å². The number of benzene rings is 1. The van der Waals surface area contributed by atoms with Crippen LogP contribution in [0.4, 0.5) is 0 Å². The van der Waals surface area contributed by atoms with Crippen molar-refractivity contribution in [3.8, 4) is 0 Å². The van der Waals surface area contributed by atoms with Crippen LogP contribution in [-0.4, -0.2) is 49.6 Å². The van der Waals surface area contributed by atoms with Gasteiger partial charge in [0, 0.05) is 19.3 Å². The van der Waals surface area contributed by atoms with Gasteiger partial charge in [-0.2, -0.15) is 0 Å². The third-order valence-electron chi connectivity index (χ3n) is 4.28. The molecule has 0 aromatic heterocycles. The molecule has 0 saturated carbocycles. The number of likely N-dealkylation sites (tertiary alicyclic amines) is 1. The molecule has 1 unspecified atom stereocenters. The molecule has 0 spiro atoms. The molecule has 1 aromatic rings. The van der Waals surface area contributed by atoms with Crippen molar-refractivity contribution in [1.29, 1.82) is 0 Å². The second-order valence-electron chi connectivity index (χ2n) is 6.34. The maximum absolute atomic E-state index is 12.5. The lowest BCUT2D eigenvalue weighted by atomic mass is 9.82. The molecule has 23 heavy (non-hydrogen) atoms. The van der Waals surface area contributed by atoms with Gasteiger partial charge in [0.1, 0.15) is 0 Å². The van der Waals surface area contributed by atoms with Gasteiger partial charge in [-0.05, 0) is 31.4 Å². The molecule has 0 radical (unpaired) electrons. The summed E-state index contributed by atoms with van der Waals surface area (Å²) in [6.07, 6.45) is 2.23. The lowest BCUT2D eigenvalue weighted by Crippen LogP contribution is -2.48. The minimum Gasteiger partial charge on any atom is -0.481 e. The number of nitrogens with zero attached hydrogens (tertiary/aromatic N) is 1. The number of carbonyl (C=O) groups excluding carboxylic acids is 1. The second-order valence-corrected chi connectivity index (χ2v) is 8.33. The standard InChI is InChI=1S/C16H21NO5S/c1-16(15(19)20)8-5-9-17(11-16)14(18)10-12-6-3-4-7-13(12)23(2,21)22/h3-4,6-7H,5,8-11H2,1-2H3,(H,19,20). The van der Waals surface area contributed by atoms with E-state index in [1.54, 1.807) is 25.1 Å². The predicted molar refractivity (Wildman–Crippen MR) is 84.8 cm³/mol. The van der Waals surface area contributed by atoms with Crippen LogP contribution in [0.25, 0.3) is 0 Å². The lowest BCUT2D eigenvalue weighted by Gasteiger charge is -2.37. The normalized spacial score (nSPS) is 21.9. The number of rotatable bonds is 4. The second kappa shape index (κ2) is 6.31. The Morgan fingerprint density at radius 3 is 2.57 bits per heavy atom. The van der Waals surface area contributed by atoms with E-state index in [9.17, 15) is 23.1 Å². The third kappa shape index (κ3) is 3.90. The Morgan fingerprint density at radius 1 is 1.30 bits per heavy atom. The van der Waals surface area contributed by atoms with Crippen molar-refractivity contribution in [1.82, 2.24) is 4.90 Å². The highest BCUT2D eigenvalue weighted by molar-refractivity contribution is 7.90. The summed E-state index contributed by atoms with van der Waals surface area (Å²) >= 11 is 0. The number of aliphatic carboxylic acids is 1. The van der Waals surface area contributed by atoms with Crippen molar-refractivity contribution in [3.05, 3.63) is 29.8 Å². The number of piperidine rings is 1. The molecule has 1 heterocycles. The van der Waals surface area contributed by atoms with E-state index in [-0.39, 0.29) is 23.8 Å². The zero-order valence-electron chi connectivity index (χ0n) is 13.3. The summed E-state index contributed by atoms with van der Waals surface area (Å²) in [5, 5.41) is 9.32. The molecule has 7 heteroatoms. The molecule has 1 aliphatic heterocycles. The lowest BCUT2D eigenvalue weighted by molar-refractivity contribution is -0.153. The quantitative estimate of drug-likeness (QED) is 0.894. The van der Waals surface area contributed by atoms with Gasteiger partial charge in [0.05, 0.1) is 16.7 Å². The highest BCUT2D eigenvalue weighted by atomic mass is 32.2. The maximum Gasteiger partial charge on any atom is 0.311 e. The molecule has 0 bridgehead atoms. The topological polar surface area (TPSA) is 91.8 Å². The zero-order chi connectivity index (χ0) is 17.3. The fourth-order valence-electron chi connectivity index (χ4n) is 2.91. The van der Waals surface area contributed by atoms with E-state index in [1.807, 2.05) is 0 Å². The summed E-state index contributed by atoms with van der Waals surface area (Å²) in [5.74, 6) is -1.15. The molecule has 1 atom stereocenters. The SMILES string of the molecule is CC1(C(=O)O)CCCN(C(=O)Cc2ccccc2S(C)(=O)=O)C1. The van der Waals surface area contributed by atoms with Crippen LogP contribution in [-0.2, 0) is 25.8 Å². The Bertz CT molecular complexity index is 728. The zero-order valence-corrected chi connectivity index (χ0v) is 14.1. The molecule has 2 rings (SSSR count). The average molecular weight is 339 g/mol. The maximum atomic E-state index is 12.5. The van der Waals surface area contributed by atoms with Crippen LogP contribution in [0.15, 0.2) is 29.2 Å². The molecule has 1 aromatic carbocycles. The summed E-state index contributed by atoms with van der Waals surface area (Å²) in [6, 6.07) is 6.41. The van der Waals surface area contributed by atoms with Gasteiger partial charge in [-0.15, -0.1) is 0 Å². The van der Waals surface area contributed by atoms with Gasteiger partial charge in [0.15, 0.2) is 9.84 Å². The number of carbonyl (C=O) groups is 2. The molecule has 1 aliphatic rings.